The van der Waals surface area contributed by atoms with Crippen LogP contribution in [0.15, 0.2) is 34.9 Å². The number of carbonyl (C=O) groups is 1. The second kappa shape index (κ2) is 5.53. The number of carbonyl (C=O) groups excluding carboxylic acids is 1. The summed E-state index contributed by atoms with van der Waals surface area (Å²) in [7, 11) is 0. The third kappa shape index (κ3) is 3.11. The van der Waals surface area contributed by atoms with Gasteiger partial charge in [0.1, 0.15) is 17.3 Å². The number of furan rings is 1. The molecule has 1 amide bonds. The minimum atomic E-state index is -0.208. The van der Waals surface area contributed by atoms with Crippen molar-refractivity contribution in [1.29, 1.82) is 0 Å². The fourth-order valence-corrected chi connectivity index (χ4v) is 1.69. The number of hydrogen-bond donors (Lipinski definition) is 3. The van der Waals surface area contributed by atoms with E-state index in [1.54, 1.807) is 12.1 Å². The molecule has 0 aliphatic carbocycles. The van der Waals surface area contributed by atoms with Gasteiger partial charge in [-0.3, -0.25) is 4.79 Å². The van der Waals surface area contributed by atoms with E-state index in [1.807, 2.05) is 26.0 Å². The fraction of sp³-hybridized carbons (Fsp3) is 0.231. The van der Waals surface area contributed by atoms with Gasteiger partial charge in [0.05, 0.1) is 6.04 Å². The van der Waals surface area contributed by atoms with Crippen LogP contribution in [0.1, 0.15) is 34.8 Å². The van der Waals surface area contributed by atoms with Crippen molar-refractivity contribution < 1.29 is 9.21 Å². The zero-order valence-electron chi connectivity index (χ0n) is 10.8. The van der Waals surface area contributed by atoms with Gasteiger partial charge in [-0.2, -0.15) is 0 Å². The van der Waals surface area contributed by atoms with Crippen LogP contribution in [0.3, 0.4) is 0 Å². The summed E-state index contributed by atoms with van der Waals surface area (Å²) in [4.78, 5) is 16.0. The first-order chi connectivity index (χ1) is 9.10. The van der Waals surface area contributed by atoms with Crippen LogP contribution in [0, 0.1) is 6.92 Å². The number of anilines is 1. The van der Waals surface area contributed by atoms with E-state index in [2.05, 4.69) is 15.7 Å². The minimum Gasteiger partial charge on any atom is -0.464 e. The predicted octanol–water partition coefficient (Wildman–Crippen LogP) is 1.76. The van der Waals surface area contributed by atoms with Gasteiger partial charge in [-0.05, 0) is 38.1 Å². The van der Waals surface area contributed by atoms with E-state index in [9.17, 15) is 4.79 Å². The first-order valence-corrected chi connectivity index (χ1v) is 5.90. The van der Waals surface area contributed by atoms with Crippen LogP contribution in [0.25, 0.3) is 0 Å². The molecule has 0 saturated heterocycles. The number of nitrogens with zero attached hydrogens (tertiary/aromatic N) is 1. The van der Waals surface area contributed by atoms with Gasteiger partial charge >= 0.3 is 0 Å². The molecule has 19 heavy (non-hydrogen) atoms. The van der Waals surface area contributed by atoms with Crippen LogP contribution in [0.4, 0.5) is 5.82 Å². The zero-order valence-corrected chi connectivity index (χ0v) is 10.8. The summed E-state index contributed by atoms with van der Waals surface area (Å²) >= 11 is 0. The normalized spacial score (nSPS) is 11.9. The molecule has 0 radical (unpaired) electrons. The van der Waals surface area contributed by atoms with Gasteiger partial charge in [0.2, 0.25) is 0 Å². The summed E-state index contributed by atoms with van der Waals surface area (Å²) in [5, 5.41) is 2.85. The third-order valence-corrected chi connectivity index (χ3v) is 2.71. The molecule has 2 aromatic heterocycles. The van der Waals surface area contributed by atoms with Crippen molar-refractivity contribution in [3.8, 4) is 0 Å². The molecule has 0 aliphatic rings. The summed E-state index contributed by atoms with van der Waals surface area (Å²) in [5.41, 5.74) is 2.89. The van der Waals surface area contributed by atoms with Crippen LogP contribution < -0.4 is 16.6 Å². The first kappa shape index (κ1) is 13.1. The van der Waals surface area contributed by atoms with E-state index in [1.165, 1.54) is 6.20 Å². The Labute approximate surface area is 111 Å². The average Bonchev–Trinajstić information content (AvgIpc) is 2.85. The molecule has 0 aliphatic heterocycles. The van der Waals surface area contributed by atoms with Crippen molar-refractivity contribution in [2.75, 3.05) is 5.43 Å². The molecule has 2 rings (SSSR count). The minimum absolute atomic E-state index is 0.205. The molecule has 0 saturated carbocycles. The smallest absolute Gasteiger partial charge is 0.252 e. The van der Waals surface area contributed by atoms with Crippen molar-refractivity contribution in [3.05, 3.63) is 47.5 Å². The Bertz CT molecular complexity index is 580. The van der Waals surface area contributed by atoms with Gasteiger partial charge in [-0.25, -0.2) is 10.8 Å². The Kier molecular flexibility index (Phi) is 3.82. The molecule has 2 aromatic rings. The van der Waals surface area contributed by atoms with Gasteiger partial charge in [0.25, 0.3) is 5.91 Å². The Balaban J connectivity index is 2.08. The number of rotatable bonds is 4. The number of aryl methyl sites for hydroxylation is 1. The van der Waals surface area contributed by atoms with Crippen LogP contribution in [0.2, 0.25) is 0 Å². The highest BCUT2D eigenvalue weighted by Gasteiger charge is 2.14. The second-order valence-corrected chi connectivity index (χ2v) is 4.22. The summed E-state index contributed by atoms with van der Waals surface area (Å²) in [6.45, 7) is 3.72. The van der Waals surface area contributed by atoms with Crippen molar-refractivity contribution >= 4 is 11.7 Å². The average molecular weight is 260 g/mol. The number of hydrazine groups is 1. The topological polar surface area (TPSA) is 93.2 Å². The largest absolute Gasteiger partial charge is 0.464 e. The standard InChI is InChI=1S/C13H16N4O2/c1-8-3-4-11(19-8)9(2)16-13(18)10-5-6-15-12(7-10)17-14/h3-7,9H,14H2,1-2H3,(H,15,17)(H,16,18). The van der Waals surface area contributed by atoms with E-state index >= 15 is 0 Å². The lowest BCUT2D eigenvalue weighted by Gasteiger charge is -2.11. The molecule has 1 unspecified atom stereocenters. The van der Waals surface area contributed by atoms with Gasteiger partial charge in [-0.1, -0.05) is 0 Å². The quantitative estimate of drug-likeness (QED) is 0.575. The highest BCUT2D eigenvalue weighted by atomic mass is 16.3. The SMILES string of the molecule is Cc1ccc(C(C)NC(=O)c2ccnc(NN)c2)o1. The molecule has 6 nitrogen and oxygen atoms in total. The highest BCUT2D eigenvalue weighted by Crippen LogP contribution is 2.16. The van der Waals surface area contributed by atoms with Crippen molar-refractivity contribution in [2.45, 2.75) is 19.9 Å². The molecule has 4 N–H and O–H groups in total. The van der Waals surface area contributed by atoms with E-state index in [0.717, 1.165) is 11.5 Å². The van der Waals surface area contributed by atoms with Crippen molar-refractivity contribution in [2.24, 2.45) is 5.84 Å². The molecule has 100 valence electrons. The number of nitrogens with two attached hydrogens (primary N) is 1. The van der Waals surface area contributed by atoms with Gasteiger partial charge in [0.15, 0.2) is 0 Å². The molecule has 0 bridgehead atoms. The Hall–Kier alpha value is -2.34. The number of amides is 1. The van der Waals surface area contributed by atoms with Gasteiger partial charge in [0, 0.05) is 11.8 Å². The summed E-state index contributed by atoms with van der Waals surface area (Å²) < 4.78 is 5.47. The number of nitrogens with one attached hydrogen (secondary N) is 2. The van der Waals surface area contributed by atoms with E-state index in [-0.39, 0.29) is 11.9 Å². The molecule has 2 heterocycles. The zero-order chi connectivity index (χ0) is 13.8. The third-order valence-electron chi connectivity index (χ3n) is 2.71. The molecule has 6 heteroatoms. The second-order valence-electron chi connectivity index (χ2n) is 4.22. The lowest BCUT2D eigenvalue weighted by atomic mass is 10.2. The molecular formula is C13H16N4O2. The number of nitrogen functional groups attached to an aromatic ring is 1. The van der Waals surface area contributed by atoms with E-state index in [4.69, 9.17) is 10.3 Å². The summed E-state index contributed by atoms with van der Waals surface area (Å²) in [6, 6.07) is 6.70. The Morgan fingerprint density at radius 2 is 2.21 bits per heavy atom. The van der Waals surface area contributed by atoms with Crippen LogP contribution in [-0.2, 0) is 0 Å². The van der Waals surface area contributed by atoms with Crippen LogP contribution in [0.5, 0.6) is 0 Å². The highest BCUT2D eigenvalue weighted by molar-refractivity contribution is 5.94. The fourth-order valence-electron chi connectivity index (χ4n) is 1.69. The Morgan fingerprint density at radius 1 is 1.42 bits per heavy atom. The maximum Gasteiger partial charge on any atom is 0.252 e. The number of pyridine rings is 1. The van der Waals surface area contributed by atoms with Crippen molar-refractivity contribution in [3.63, 3.8) is 0 Å². The number of aromatic nitrogens is 1. The lowest BCUT2D eigenvalue weighted by Crippen LogP contribution is -2.26. The monoisotopic (exact) mass is 260 g/mol. The maximum absolute atomic E-state index is 12.1. The van der Waals surface area contributed by atoms with Gasteiger partial charge < -0.3 is 15.2 Å². The van der Waals surface area contributed by atoms with E-state index < -0.39 is 0 Å². The van der Waals surface area contributed by atoms with Gasteiger partial charge in [-0.15, -0.1) is 0 Å². The molecule has 1 atom stereocenters. The van der Waals surface area contributed by atoms with Crippen LogP contribution >= 0.6 is 0 Å². The number of hydrogen-bond acceptors (Lipinski definition) is 5. The Morgan fingerprint density at radius 3 is 2.84 bits per heavy atom. The molecule has 0 spiro atoms. The molecule has 0 fully saturated rings. The first-order valence-electron chi connectivity index (χ1n) is 5.90. The van der Waals surface area contributed by atoms with Crippen LogP contribution in [-0.4, -0.2) is 10.9 Å². The molecule has 0 aromatic carbocycles. The predicted molar refractivity (Wildman–Crippen MR) is 71.4 cm³/mol. The summed E-state index contributed by atoms with van der Waals surface area (Å²) in [5.74, 6) is 7.02. The summed E-state index contributed by atoms with van der Waals surface area (Å²) in [6.07, 6.45) is 1.52. The molecular weight excluding hydrogens is 244 g/mol. The lowest BCUT2D eigenvalue weighted by molar-refractivity contribution is 0.0935. The van der Waals surface area contributed by atoms with E-state index in [0.29, 0.717) is 11.4 Å². The van der Waals surface area contributed by atoms with Crippen molar-refractivity contribution in [1.82, 2.24) is 10.3 Å². The maximum atomic E-state index is 12.1.